The molecule has 1 aliphatic rings. The van der Waals surface area contributed by atoms with Crippen LogP contribution < -0.4 is 4.74 Å². The van der Waals surface area contributed by atoms with Gasteiger partial charge in [-0.3, -0.25) is 9.00 Å². The molecule has 6 heteroatoms. The monoisotopic (exact) mass is 269 g/mol. The van der Waals surface area contributed by atoms with E-state index in [-0.39, 0.29) is 17.2 Å². The van der Waals surface area contributed by atoms with Crippen LogP contribution in [-0.4, -0.2) is 51.8 Å². The van der Waals surface area contributed by atoms with Gasteiger partial charge >= 0.3 is 0 Å². The summed E-state index contributed by atoms with van der Waals surface area (Å²) in [5.41, 5.74) is 0.253. The number of methoxy groups -OCH3 is 1. The molecule has 1 fully saturated rings. The normalized spacial score (nSPS) is 16.6. The minimum Gasteiger partial charge on any atom is -0.507 e. The predicted molar refractivity (Wildman–Crippen MR) is 68.4 cm³/mol. The van der Waals surface area contributed by atoms with Crippen molar-refractivity contribution in [3.8, 4) is 11.5 Å². The summed E-state index contributed by atoms with van der Waals surface area (Å²) in [6.07, 6.45) is 0. The molecule has 2 rings (SSSR count). The number of aromatic hydroxyl groups is 1. The zero-order valence-electron chi connectivity index (χ0n) is 10.1. The van der Waals surface area contributed by atoms with E-state index < -0.39 is 10.8 Å². The lowest BCUT2D eigenvalue weighted by molar-refractivity contribution is 0.0768. The zero-order chi connectivity index (χ0) is 13.1. The van der Waals surface area contributed by atoms with Gasteiger partial charge in [-0.05, 0) is 12.1 Å². The number of nitrogens with zero attached hydrogens (tertiary/aromatic N) is 1. The van der Waals surface area contributed by atoms with Crippen LogP contribution in [0.3, 0.4) is 0 Å². The number of hydrogen-bond donors (Lipinski definition) is 1. The molecule has 1 heterocycles. The molecular formula is C12H15NO4S. The van der Waals surface area contributed by atoms with E-state index in [1.165, 1.54) is 13.2 Å². The van der Waals surface area contributed by atoms with Crippen LogP contribution in [-0.2, 0) is 10.8 Å². The molecule has 1 amide bonds. The topological polar surface area (TPSA) is 66.8 Å². The lowest BCUT2D eigenvalue weighted by Crippen LogP contribution is -2.41. The highest BCUT2D eigenvalue weighted by Crippen LogP contribution is 2.24. The average molecular weight is 269 g/mol. The Hall–Kier alpha value is -1.56. The lowest BCUT2D eigenvalue weighted by atomic mass is 10.1. The summed E-state index contributed by atoms with van der Waals surface area (Å²) in [5, 5.41) is 9.79. The molecule has 0 aliphatic carbocycles. The number of phenolic OH excluding ortho intramolecular Hbond substituents is 1. The molecule has 1 aromatic carbocycles. The van der Waals surface area contributed by atoms with E-state index in [1.807, 2.05) is 0 Å². The molecule has 18 heavy (non-hydrogen) atoms. The summed E-state index contributed by atoms with van der Waals surface area (Å²) in [6.45, 7) is 0.938. The van der Waals surface area contributed by atoms with Gasteiger partial charge in [0.15, 0.2) is 0 Å². The molecule has 0 spiro atoms. The molecule has 1 aromatic rings. The van der Waals surface area contributed by atoms with Gasteiger partial charge in [0.25, 0.3) is 5.91 Å². The Kier molecular flexibility index (Phi) is 3.86. The fraction of sp³-hybridized carbons (Fsp3) is 0.417. The standard InChI is InChI=1S/C12H15NO4S/c1-17-9-2-3-10(11(14)8-9)12(15)13-4-6-18(16)7-5-13/h2-3,8,14H,4-7H2,1H3. The van der Waals surface area contributed by atoms with Gasteiger partial charge in [0.2, 0.25) is 0 Å². The fourth-order valence-electron chi connectivity index (χ4n) is 1.83. The fourth-order valence-corrected chi connectivity index (χ4v) is 2.88. The number of rotatable bonds is 2. The maximum Gasteiger partial charge on any atom is 0.257 e. The van der Waals surface area contributed by atoms with Crippen molar-refractivity contribution in [1.82, 2.24) is 4.90 Å². The summed E-state index contributed by atoms with van der Waals surface area (Å²) in [5.74, 6) is 1.19. The van der Waals surface area contributed by atoms with E-state index in [4.69, 9.17) is 4.74 Å². The number of hydrogen-bond acceptors (Lipinski definition) is 4. The van der Waals surface area contributed by atoms with E-state index in [0.29, 0.717) is 30.3 Å². The third kappa shape index (κ3) is 2.64. The predicted octanol–water partition coefficient (Wildman–Crippen LogP) is 0.605. The molecule has 1 saturated heterocycles. The van der Waals surface area contributed by atoms with Gasteiger partial charge < -0.3 is 14.7 Å². The summed E-state index contributed by atoms with van der Waals surface area (Å²) in [7, 11) is 0.676. The summed E-state index contributed by atoms with van der Waals surface area (Å²) < 4.78 is 16.2. The van der Waals surface area contributed by atoms with E-state index in [9.17, 15) is 14.1 Å². The third-order valence-corrected chi connectivity index (χ3v) is 4.18. The Balaban J connectivity index is 2.16. The largest absolute Gasteiger partial charge is 0.507 e. The van der Waals surface area contributed by atoms with Crippen LogP contribution in [0.4, 0.5) is 0 Å². The van der Waals surface area contributed by atoms with Crippen LogP contribution in [0.25, 0.3) is 0 Å². The van der Waals surface area contributed by atoms with Gasteiger partial charge in [-0.1, -0.05) is 0 Å². The van der Waals surface area contributed by atoms with Crippen molar-refractivity contribution < 1.29 is 18.8 Å². The van der Waals surface area contributed by atoms with Crippen LogP contribution in [0.15, 0.2) is 18.2 Å². The van der Waals surface area contributed by atoms with Crippen LogP contribution in [0.5, 0.6) is 11.5 Å². The Morgan fingerprint density at radius 1 is 1.39 bits per heavy atom. The Bertz CT molecular complexity index is 479. The van der Waals surface area contributed by atoms with Gasteiger partial charge in [0.05, 0.1) is 12.7 Å². The first-order chi connectivity index (χ1) is 8.61. The Morgan fingerprint density at radius 2 is 2.06 bits per heavy atom. The van der Waals surface area contributed by atoms with Gasteiger partial charge in [-0.25, -0.2) is 0 Å². The first-order valence-electron chi connectivity index (χ1n) is 5.63. The first-order valence-corrected chi connectivity index (χ1v) is 7.12. The number of benzene rings is 1. The van der Waals surface area contributed by atoms with Crippen molar-refractivity contribution in [1.29, 1.82) is 0 Å². The van der Waals surface area contributed by atoms with E-state index in [2.05, 4.69) is 0 Å². The number of amides is 1. The molecule has 0 atom stereocenters. The molecule has 98 valence electrons. The summed E-state index contributed by atoms with van der Waals surface area (Å²) in [4.78, 5) is 13.8. The van der Waals surface area contributed by atoms with Crippen molar-refractivity contribution in [2.45, 2.75) is 0 Å². The van der Waals surface area contributed by atoms with E-state index in [0.717, 1.165) is 0 Å². The second-order valence-electron chi connectivity index (χ2n) is 4.02. The molecule has 0 saturated carbocycles. The maximum atomic E-state index is 12.2. The molecule has 0 bridgehead atoms. The van der Waals surface area contributed by atoms with Crippen molar-refractivity contribution in [2.24, 2.45) is 0 Å². The second kappa shape index (κ2) is 5.39. The Labute approximate surface area is 108 Å². The highest BCUT2D eigenvalue weighted by atomic mass is 32.2. The molecule has 0 aromatic heterocycles. The van der Waals surface area contributed by atoms with Gasteiger partial charge in [-0.2, -0.15) is 0 Å². The minimum atomic E-state index is -0.821. The highest BCUT2D eigenvalue weighted by molar-refractivity contribution is 7.85. The number of carbonyl (C=O) groups is 1. The minimum absolute atomic E-state index is 0.0916. The van der Waals surface area contributed by atoms with Crippen LogP contribution in [0.2, 0.25) is 0 Å². The van der Waals surface area contributed by atoms with E-state index >= 15 is 0 Å². The molecule has 0 unspecified atom stereocenters. The molecule has 5 nitrogen and oxygen atoms in total. The van der Waals surface area contributed by atoms with Crippen molar-refractivity contribution in [3.05, 3.63) is 23.8 Å². The average Bonchev–Trinajstić information content (AvgIpc) is 2.38. The smallest absolute Gasteiger partial charge is 0.257 e. The summed E-state index contributed by atoms with van der Waals surface area (Å²) in [6, 6.07) is 4.59. The number of ether oxygens (including phenoxy) is 1. The van der Waals surface area contributed by atoms with Crippen molar-refractivity contribution in [2.75, 3.05) is 31.7 Å². The highest BCUT2D eigenvalue weighted by Gasteiger charge is 2.23. The number of carbonyl (C=O) groups excluding carboxylic acids is 1. The van der Waals surface area contributed by atoms with E-state index in [1.54, 1.807) is 17.0 Å². The van der Waals surface area contributed by atoms with Crippen molar-refractivity contribution in [3.63, 3.8) is 0 Å². The second-order valence-corrected chi connectivity index (χ2v) is 5.72. The molecular weight excluding hydrogens is 254 g/mol. The van der Waals surface area contributed by atoms with Gasteiger partial charge in [0.1, 0.15) is 11.5 Å². The summed E-state index contributed by atoms with van der Waals surface area (Å²) >= 11 is 0. The van der Waals surface area contributed by atoms with Gasteiger partial charge in [0, 0.05) is 41.5 Å². The van der Waals surface area contributed by atoms with Crippen LogP contribution in [0.1, 0.15) is 10.4 Å². The lowest BCUT2D eigenvalue weighted by Gasteiger charge is -2.26. The zero-order valence-corrected chi connectivity index (χ0v) is 10.9. The maximum absolute atomic E-state index is 12.2. The Morgan fingerprint density at radius 3 is 2.61 bits per heavy atom. The van der Waals surface area contributed by atoms with Gasteiger partial charge in [-0.15, -0.1) is 0 Å². The van der Waals surface area contributed by atoms with Crippen molar-refractivity contribution >= 4 is 16.7 Å². The molecule has 0 radical (unpaired) electrons. The quantitative estimate of drug-likeness (QED) is 0.854. The molecule has 1 aliphatic heterocycles. The third-order valence-electron chi connectivity index (χ3n) is 2.90. The van der Waals surface area contributed by atoms with Crippen LogP contribution in [0, 0.1) is 0 Å². The SMILES string of the molecule is COc1ccc(C(=O)N2CCS(=O)CC2)c(O)c1. The van der Waals surface area contributed by atoms with Crippen LogP contribution >= 0.6 is 0 Å². The molecule has 1 N–H and O–H groups in total. The number of phenols is 1. The first kappa shape index (κ1) is 12.9.